The zero-order valence-corrected chi connectivity index (χ0v) is 15.8. The summed E-state index contributed by atoms with van der Waals surface area (Å²) in [6.45, 7) is 2.08. The van der Waals surface area contributed by atoms with Gasteiger partial charge < -0.3 is 14.8 Å². The molecule has 0 saturated carbocycles. The normalized spacial score (nSPS) is 15.6. The molecule has 0 spiro atoms. The van der Waals surface area contributed by atoms with Crippen LogP contribution in [-0.2, 0) is 0 Å². The first-order valence-corrected chi connectivity index (χ1v) is 9.25. The van der Waals surface area contributed by atoms with Crippen molar-refractivity contribution in [3.63, 3.8) is 0 Å². The van der Waals surface area contributed by atoms with Gasteiger partial charge in [0.2, 0.25) is 0 Å². The van der Waals surface area contributed by atoms with Crippen molar-refractivity contribution in [2.45, 2.75) is 19.2 Å². The molecular weight excluding hydrogens is 402 g/mol. The minimum absolute atomic E-state index is 0.0412. The van der Waals surface area contributed by atoms with Crippen molar-refractivity contribution in [1.82, 2.24) is 5.32 Å². The first-order valence-electron chi connectivity index (χ1n) is 8.50. The Hall–Kier alpha value is -1.63. The van der Waals surface area contributed by atoms with Crippen molar-refractivity contribution in [2.75, 3.05) is 19.7 Å². The van der Waals surface area contributed by atoms with Crippen LogP contribution in [0.15, 0.2) is 36.4 Å². The third-order valence-corrected chi connectivity index (χ3v) is 4.73. The number of piperidine rings is 1. The Morgan fingerprint density at radius 3 is 2.22 bits per heavy atom. The minimum Gasteiger partial charge on any atom is -0.489 e. The SMILES string of the molecule is FC(F)(F)Oc1ccc(-c2cc(Cl)cc(Cl)c2)cc1OCC1CCNCC1. The van der Waals surface area contributed by atoms with Crippen LogP contribution in [0.3, 0.4) is 0 Å². The smallest absolute Gasteiger partial charge is 0.489 e. The Morgan fingerprint density at radius 1 is 0.926 bits per heavy atom. The van der Waals surface area contributed by atoms with E-state index in [1.54, 1.807) is 18.2 Å². The number of nitrogens with one attached hydrogen (secondary N) is 1. The maximum Gasteiger partial charge on any atom is 0.573 e. The maximum absolute atomic E-state index is 12.7. The molecule has 0 radical (unpaired) electrons. The van der Waals surface area contributed by atoms with Gasteiger partial charge in [0.15, 0.2) is 11.5 Å². The predicted octanol–water partition coefficient (Wildman–Crippen LogP) is 5.94. The second-order valence-corrected chi connectivity index (χ2v) is 7.24. The second-order valence-electron chi connectivity index (χ2n) is 6.37. The summed E-state index contributed by atoms with van der Waals surface area (Å²) in [4.78, 5) is 0. The highest BCUT2D eigenvalue weighted by Gasteiger charge is 2.32. The molecule has 1 aliphatic heterocycles. The summed E-state index contributed by atoms with van der Waals surface area (Å²) in [7, 11) is 0. The summed E-state index contributed by atoms with van der Waals surface area (Å²) < 4.78 is 48.0. The second kappa shape index (κ2) is 8.59. The van der Waals surface area contributed by atoms with Crippen LogP contribution in [0.4, 0.5) is 13.2 Å². The lowest BCUT2D eigenvalue weighted by molar-refractivity contribution is -0.275. The first-order chi connectivity index (χ1) is 12.8. The number of hydrogen-bond acceptors (Lipinski definition) is 3. The van der Waals surface area contributed by atoms with Crippen LogP contribution < -0.4 is 14.8 Å². The van der Waals surface area contributed by atoms with Crippen molar-refractivity contribution in [1.29, 1.82) is 0 Å². The van der Waals surface area contributed by atoms with Gasteiger partial charge in [-0.05, 0) is 73.3 Å². The van der Waals surface area contributed by atoms with E-state index in [1.165, 1.54) is 18.2 Å². The van der Waals surface area contributed by atoms with Crippen LogP contribution in [-0.4, -0.2) is 26.1 Å². The standard InChI is InChI=1S/C19H18Cl2F3NO2/c20-15-7-14(8-16(21)10-15)13-1-2-17(27-19(22,23)24)18(9-13)26-11-12-3-5-25-6-4-12/h1-2,7-10,12,25H,3-6,11H2. The average molecular weight is 420 g/mol. The zero-order chi connectivity index (χ0) is 19.4. The van der Waals surface area contributed by atoms with Crippen LogP contribution >= 0.6 is 23.2 Å². The van der Waals surface area contributed by atoms with E-state index >= 15 is 0 Å². The zero-order valence-electron chi connectivity index (χ0n) is 14.3. The fourth-order valence-corrected chi connectivity index (χ4v) is 3.51. The summed E-state index contributed by atoms with van der Waals surface area (Å²) in [5, 5.41) is 4.11. The van der Waals surface area contributed by atoms with Crippen molar-refractivity contribution in [2.24, 2.45) is 5.92 Å². The predicted molar refractivity (Wildman–Crippen MR) is 99.7 cm³/mol. The Bertz CT molecular complexity index is 773. The van der Waals surface area contributed by atoms with Crippen molar-refractivity contribution in [3.05, 3.63) is 46.4 Å². The van der Waals surface area contributed by atoms with Crippen LogP contribution in [0.5, 0.6) is 11.5 Å². The van der Waals surface area contributed by atoms with Crippen LogP contribution in [0.25, 0.3) is 11.1 Å². The third-order valence-electron chi connectivity index (χ3n) is 4.30. The fourth-order valence-electron chi connectivity index (χ4n) is 2.99. The summed E-state index contributed by atoms with van der Waals surface area (Å²) in [5.74, 6) is -0.0398. The molecule has 3 nitrogen and oxygen atoms in total. The third kappa shape index (κ3) is 5.92. The molecule has 146 valence electrons. The van der Waals surface area contributed by atoms with Crippen LogP contribution in [0.2, 0.25) is 10.0 Å². The molecule has 1 N–H and O–H groups in total. The first kappa shape index (κ1) is 20.1. The number of rotatable bonds is 5. The summed E-state index contributed by atoms with van der Waals surface area (Å²) in [6, 6.07) is 9.23. The lowest BCUT2D eigenvalue weighted by Gasteiger charge is -2.23. The maximum atomic E-state index is 12.7. The summed E-state index contributed by atoms with van der Waals surface area (Å²) in [6.07, 6.45) is -2.97. The summed E-state index contributed by atoms with van der Waals surface area (Å²) in [5.41, 5.74) is 1.31. The molecule has 2 aromatic rings. The average Bonchev–Trinajstić information content (AvgIpc) is 2.59. The Balaban J connectivity index is 1.87. The molecule has 0 bridgehead atoms. The molecule has 3 rings (SSSR count). The van der Waals surface area contributed by atoms with Gasteiger partial charge >= 0.3 is 6.36 Å². The fraction of sp³-hybridized carbons (Fsp3) is 0.368. The van der Waals surface area contributed by atoms with Gasteiger partial charge in [0.1, 0.15) is 0 Å². The molecule has 8 heteroatoms. The topological polar surface area (TPSA) is 30.5 Å². The van der Waals surface area contributed by atoms with E-state index in [2.05, 4.69) is 10.1 Å². The van der Waals surface area contributed by atoms with E-state index in [-0.39, 0.29) is 17.4 Å². The number of ether oxygens (including phenoxy) is 2. The lowest BCUT2D eigenvalue weighted by Crippen LogP contribution is -2.30. The van der Waals surface area contributed by atoms with E-state index in [4.69, 9.17) is 27.9 Å². The molecule has 0 unspecified atom stereocenters. The molecular formula is C19H18Cl2F3NO2. The molecule has 1 heterocycles. The summed E-state index contributed by atoms with van der Waals surface area (Å²) >= 11 is 12.1. The van der Waals surface area contributed by atoms with Crippen molar-refractivity contribution in [3.8, 4) is 22.6 Å². The molecule has 0 amide bonds. The largest absolute Gasteiger partial charge is 0.573 e. The monoisotopic (exact) mass is 419 g/mol. The van der Waals surface area contributed by atoms with Gasteiger partial charge in [-0.2, -0.15) is 0 Å². The van der Waals surface area contributed by atoms with Gasteiger partial charge in [0.05, 0.1) is 6.61 Å². The minimum atomic E-state index is -4.80. The molecule has 0 atom stereocenters. The van der Waals surface area contributed by atoms with E-state index in [0.717, 1.165) is 25.9 Å². The van der Waals surface area contributed by atoms with E-state index < -0.39 is 6.36 Å². The van der Waals surface area contributed by atoms with Crippen molar-refractivity contribution >= 4 is 23.2 Å². The van der Waals surface area contributed by atoms with Gasteiger partial charge in [0, 0.05) is 10.0 Å². The highest BCUT2D eigenvalue weighted by molar-refractivity contribution is 6.35. The quantitative estimate of drug-likeness (QED) is 0.650. The molecule has 1 fully saturated rings. The number of benzene rings is 2. The molecule has 0 aromatic heterocycles. The molecule has 27 heavy (non-hydrogen) atoms. The van der Waals surface area contributed by atoms with E-state index in [9.17, 15) is 13.2 Å². The van der Waals surface area contributed by atoms with Gasteiger partial charge in [-0.1, -0.05) is 29.3 Å². The van der Waals surface area contributed by atoms with Gasteiger partial charge in [-0.15, -0.1) is 13.2 Å². The highest BCUT2D eigenvalue weighted by atomic mass is 35.5. The van der Waals surface area contributed by atoms with E-state index in [1.807, 2.05) is 0 Å². The molecule has 1 saturated heterocycles. The van der Waals surface area contributed by atoms with Gasteiger partial charge in [-0.3, -0.25) is 0 Å². The van der Waals surface area contributed by atoms with Crippen molar-refractivity contribution < 1.29 is 22.6 Å². The number of alkyl halides is 3. The highest BCUT2D eigenvalue weighted by Crippen LogP contribution is 2.37. The Morgan fingerprint density at radius 2 is 1.59 bits per heavy atom. The van der Waals surface area contributed by atoms with Gasteiger partial charge in [-0.25, -0.2) is 0 Å². The molecule has 2 aromatic carbocycles. The van der Waals surface area contributed by atoms with Crippen LogP contribution in [0.1, 0.15) is 12.8 Å². The lowest BCUT2D eigenvalue weighted by atomic mass is 9.99. The molecule has 0 aliphatic carbocycles. The van der Waals surface area contributed by atoms with E-state index in [0.29, 0.717) is 27.8 Å². The number of hydrogen-bond donors (Lipinski definition) is 1. The number of halogens is 5. The Kier molecular flexibility index (Phi) is 6.40. The van der Waals surface area contributed by atoms with Crippen LogP contribution in [0, 0.1) is 5.92 Å². The molecule has 1 aliphatic rings. The Labute approximate surface area is 165 Å². The van der Waals surface area contributed by atoms with Gasteiger partial charge in [0.25, 0.3) is 0 Å².